The highest BCUT2D eigenvalue weighted by atomic mass is 35.5. The number of carbonyl (C=O) groups excluding carboxylic acids is 2. The molecule has 1 aliphatic rings. The Balaban J connectivity index is 1.40. The number of piperazine rings is 1. The standard InChI is InChI=1S/C20H22ClFN4O2/c21-16-5-3-4-15(12-16)13-25-8-10-26(11-9-25)14-19(27)24-20(28)23-18-7-2-1-6-17(18)22/h1-7,12H,8-11,13-14H2,(H2,23,24,27,28)/p+2. The maximum atomic E-state index is 13.5. The average Bonchev–Trinajstić information content (AvgIpc) is 2.65. The van der Waals surface area contributed by atoms with Crippen LogP contribution in [0.15, 0.2) is 48.5 Å². The van der Waals surface area contributed by atoms with Gasteiger partial charge in [-0.15, -0.1) is 0 Å². The summed E-state index contributed by atoms with van der Waals surface area (Å²) in [4.78, 5) is 26.5. The fourth-order valence-electron chi connectivity index (χ4n) is 3.36. The Hall–Kier alpha value is -2.48. The lowest BCUT2D eigenvalue weighted by Gasteiger charge is -2.29. The first-order valence-corrected chi connectivity index (χ1v) is 9.64. The average molecular weight is 407 g/mol. The van der Waals surface area contributed by atoms with E-state index in [4.69, 9.17) is 11.6 Å². The summed E-state index contributed by atoms with van der Waals surface area (Å²) >= 11 is 6.03. The molecular formula is C20H24ClFN4O2+2. The third-order valence-electron chi connectivity index (χ3n) is 4.79. The van der Waals surface area contributed by atoms with Crippen LogP contribution in [0.2, 0.25) is 5.02 Å². The van der Waals surface area contributed by atoms with Crippen LogP contribution in [0.4, 0.5) is 14.9 Å². The van der Waals surface area contributed by atoms with E-state index in [2.05, 4.69) is 16.7 Å². The van der Waals surface area contributed by atoms with Crippen molar-refractivity contribution < 1.29 is 23.8 Å². The Bertz CT molecular complexity index is 840. The topological polar surface area (TPSA) is 67.1 Å². The van der Waals surface area contributed by atoms with Crippen molar-refractivity contribution in [3.63, 3.8) is 0 Å². The molecule has 0 bridgehead atoms. The van der Waals surface area contributed by atoms with Gasteiger partial charge in [-0.2, -0.15) is 0 Å². The van der Waals surface area contributed by atoms with Crippen molar-refractivity contribution >= 4 is 29.2 Å². The molecule has 0 aromatic heterocycles. The number of hydrogen-bond donors (Lipinski definition) is 4. The Morgan fingerprint density at radius 3 is 2.43 bits per heavy atom. The first-order chi connectivity index (χ1) is 13.5. The number of benzene rings is 2. The van der Waals surface area contributed by atoms with Crippen LogP contribution in [0.3, 0.4) is 0 Å². The highest BCUT2D eigenvalue weighted by molar-refractivity contribution is 6.30. The van der Waals surface area contributed by atoms with Gasteiger partial charge in [0.1, 0.15) is 38.5 Å². The van der Waals surface area contributed by atoms with Crippen molar-refractivity contribution in [2.24, 2.45) is 0 Å². The number of anilines is 1. The van der Waals surface area contributed by atoms with Gasteiger partial charge in [0, 0.05) is 10.6 Å². The zero-order valence-corrected chi connectivity index (χ0v) is 16.2. The monoisotopic (exact) mass is 406 g/mol. The van der Waals surface area contributed by atoms with Gasteiger partial charge in [-0.1, -0.05) is 35.9 Å². The van der Waals surface area contributed by atoms with Crippen molar-refractivity contribution in [1.82, 2.24) is 5.32 Å². The summed E-state index contributed by atoms with van der Waals surface area (Å²) in [5.74, 6) is -0.920. The van der Waals surface area contributed by atoms with E-state index in [9.17, 15) is 14.0 Å². The van der Waals surface area contributed by atoms with Crippen LogP contribution in [0.5, 0.6) is 0 Å². The molecule has 4 N–H and O–H groups in total. The maximum Gasteiger partial charge on any atom is 0.326 e. The van der Waals surface area contributed by atoms with Gasteiger partial charge in [-0.05, 0) is 24.3 Å². The molecule has 1 fully saturated rings. The van der Waals surface area contributed by atoms with Gasteiger partial charge in [-0.25, -0.2) is 9.18 Å². The van der Waals surface area contributed by atoms with Gasteiger partial charge in [0.2, 0.25) is 0 Å². The van der Waals surface area contributed by atoms with Crippen LogP contribution in [0, 0.1) is 5.82 Å². The Kier molecular flexibility index (Phi) is 6.97. The zero-order chi connectivity index (χ0) is 19.9. The minimum atomic E-state index is -0.722. The molecule has 2 aromatic rings. The van der Waals surface area contributed by atoms with Crippen LogP contribution in [-0.4, -0.2) is 44.7 Å². The van der Waals surface area contributed by atoms with Crippen molar-refractivity contribution in [1.29, 1.82) is 0 Å². The lowest BCUT2D eigenvalue weighted by molar-refractivity contribution is -1.02. The summed E-state index contributed by atoms with van der Waals surface area (Å²) in [6, 6.07) is 13.0. The van der Waals surface area contributed by atoms with E-state index in [0.29, 0.717) is 0 Å². The number of rotatable bonds is 5. The molecule has 148 valence electrons. The summed E-state index contributed by atoms with van der Waals surface area (Å²) in [5.41, 5.74) is 1.24. The molecule has 0 aliphatic carbocycles. The van der Waals surface area contributed by atoms with E-state index in [0.717, 1.165) is 42.6 Å². The molecule has 8 heteroatoms. The Morgan fingerprint density at radius 2 is 1.71 bits per heavy atom. The minimum absolute atomic E-state index is 0.0402. The quantitative estimate of drug-likeness (QED) is 0.569. The Morgan fingerprint density at radius 1 is 1.00 bits per heavy atom. The highest BCUT2D eigenvalue weighted by Crippen LogP contribution is 2.11. The molecule has 6 nitrogen and oxygen atoms in total. The van der Waals surface area contributed by atoms with Crippen molar-refractivity contribution in [3.8, 4) is 0 Å². The maximum absolute atomic E-state index is 13.5. The van der Waals surface area contributed by atoms with Crippen LogP contribution < -0.4 is 20.4 Å². The normalized spacial score (nSPS) is 19.1. The fourth-order valence-corrected chi connectivity index (χ4v) is 3.57. The van der Waals surface area contributed by atoms with Crippen LogP contribution in [-0.2, 0) is 11.3 Å². The zero-order valence-electron chi connectivity index (χ0n) is 15.4. The molecular weight excluding hydrogens is 383 g/mol. The third-order valence-corrected chi connectivity index (χ3v) is 5.03. The number of halogens is 2. The molecule has 3 rings (SSSR count). The second-order valence-electron chi connectivity index (χ2n) is 6.97. The number of hydrogen-bond acceptors (Lipinski definition) is 2. The SMILES string of the molecule is O=C(C[NH+]1CC[NH+](Cc2cccc(Cl)c2)CC1)NC(=O)Nc1ccccc1F. The second-order valence-corrected chi connectivity index (χ2v) is 7.40. The number of carbonyl (C=O) groups is 2. The molecule has 1 saturated heterocycles. The van der Waals surface area contributed by atoms with E-state index in [1.807, 2.05) is 18.2 Å². The van der Waals surface area contributed by atoms with Crippen LogP contribution in [0.1, 0.15) is 5.56 Å². The van der Waals surface area contributed by atoms with Crippen LogP contribution in [0.25, 0.3) is 0 Å². The number of nitrogens with one attached hydrogen (secondary N) is 4. The molecule has 1 aliphatic heterocycles. The molecule has 0 saturated carbocycles. The van der Waals surface area contributed by atoms with Gasteiger partial charge in [0.25, 0.3) is 5.91 Å². The minimum Gasteiger partial charge on any atom is -0.322 e. The molecule has 0 spiro atoms. The van der Waals surface area contributed by atoms with Gasteiger partial charge < -0.3 is 15.1 Å². The van der Waals surface area contributed by atoms with Crippen molar-refractivity contribution in [2.45, 2.75) is 6.54 Å². The predicted molar refractivity (Wildman–Crippen MR) is 105 cm³/mol. The Labute approximate surface area is 168 Å². The van der Waals surface area contributed by atoms with Gasteiger partial charge in [0.05, 0.1) is 5.69 Å². The first kappa shape index (κ1) is 20.3. The predicted octanol–water partition coefficient (Wildman–Crippen LogP) is 0.111. The van der Waals surface area contributed by atoms with E-state index in [1.54, 1.807) is 6.07 Å². The van der Waals surface area contributed by atoms with E-state index in [-0.39, 0.29) is 18.1 Å². The lowest BCUT2D eigenvalue weighted by Crippen LogP contribution is -3.28. The van der Waals surface area contributed by atoms with E-state index in [1.165, 1.54) is 28.7 Å². The number of amides is 3. The van der Waals surface area contributed by atoms with Gasteiger partial charge in [0.15, 0.2) is 6.54 Å². The lowest BCUT2D eigenvalue weighted by atomic mass is 10.2. The summed E-state index contributed by atoms with van der Waals surface area (Å²) in [5, 5.41) is 5.35. The number of imide groups is 1. The second kappa shape index (κ2) is 9.64. The molecule has 28 heavy (non-hydrogen) atoms. The smallest absolute Gasteiger partial charge is 0.322 e. The third kappa shape index (κ3) is 6.02. The molecule has 0 unspecified atom stereocenters. The first-order valence-electron chi connectivity index (χ1n) is 9.26. The van der Waals surface area contributed by atoms with Gasteiger partial charge >= 0.3 is 6.03 Å². The molecule has 1 heterocycles. The number of para-hydroxylation sites is 1. The van der Waals surface area contributed by atoms with E-state index < -0.39 is 11.8 Å². The van der Waals surface area contributed by atoms with Crippen molar-refractivity contribution in [3.05, 3.63) is 64.9 Å². The van der Waals surface area contributed by atoms with E-state index >= 15 is 0 Å². The van der Waals surface area contributed by atoms with Crippen molar-refractivity contribution in [2.75, 3.05) is 38.0 Å². The fraction of sp³-hybridized carbons (Fsp3) is 0.300. The highest BCUT2D eigenvalue weighted by Gasteiger charge is 2.25. The summed E-state index contributed by atoms with van der Waals surface area (Å²) in [6.45, 7) is 4.70. The number of quaternary nitrogens is 2. The molecule has 0 atom stereocenters. The largest absolute Gasteiger partial charge is 0.326 e. The summed E-state index contributed by atoms with van der Waals surface area (Å²) < 4.78 is 13.5. The van der Waals surface area contributed by atoms with Crippen LogP contribution >= 0.6 is 11.6 Å². The number of urea groups is 1. The molecule has 2 aromatic carbocycles. The molecule has 3 amide bonds. The van der Waals surface area contributed by atoms with Gasteiger partial charge in [-0.3, -0.25) is 10.1 Å². The summed E-state index contributed by atoms with van der Waals surface area (Å²) in [6.07, 6.45) is 0. The summed E-state index contributed by atoms with van der Waals surface area (Å²) in [7, 11) is 0. The molecule has 0 radical (unpaired) electrons.